The first-order chi connectivity index (χ1) is 14.6. The van der Waals surface area contributed by atoms with Crippen molar-refractivity contribution in [3.63, 3.8) is 0 Å². The number of halogens is 1. The van der Waals surface area contributed by atoms with Gasteiger partial charge in [0, 0.05) is 71.8 Å². The highest BCUT2D eigenvalue weighted by atomic mass is 127. The summed E-state index contributed by atoms with van der Waals surface area (Å²) in [5, 5.41) is 0.360. The lowest BCUT2D eigenvalue weighted by atomic mass is 10.00. The third-order valence-corrected chi connectivity index (χ3v) is 10.3. The molecule has 9 heteroatoms. The van der Waals surface area contributed by atoms with Crippen LogP contribution in [-0.2, 0) is 14.1 Å². The lowest BCUT2D eigenvalue weighted by Gasteiger charge is -2.45. The van der Waals surface area contributed by atoms with Gasteiger partial charge in [0.25, 0.3) is 0 Å². The lowest BCUT2D eigenvalue weighted by Crippen LogP contribution is -2.43. The van der Waals surface area contributed by atoms with Crippen LogP contribution in [0.15, 0.2) is 0 Å². The molecule has 0 aliphatic carbocycles. The highest BCUT2D eigenvalue weighted by Gasteiger charge is 2.34. The van der Waals surface area contributed by atoms with E-state index in [1.807, 2.05) is 0 Å². The fourth-order valence-corrected chi connectivity index (χ4v) is 7.66. The molecule has 1 heterocycles. The molecule has 1 rings (SSSR count). The Labute approximate surface area is 211 Å². The van der Waals surface area contributed by atoms with Crippen LogP contribution in [0, 0.1) is 5.92 Å². The summed E-state index contributed by atoms with van der Waals surface area (Å²) < 4.78 is 19.4. The van der Waals surface area contributed by atoms with Gasteiger partial charge in [-0.2, -0.15) is 0 Å². The molecule has 31 heavy (non-hydrogen) atoms. The quantitative estimate of drug-likeness (QED) is 0.0792. The molecule has 1 fully saturated rings. The van der Waals surface area contributed by atoms with E-state index in [0.29, 0.717) is 42.7 Å². The van der Waals surface area contributed by atoms with Crippen molar-refractivity contribution in [2.45, 2.75) is 98.8 Å². The Bertz CT molecular complexity index is 470. The molecule has 0 atom stereocenters. The summed E-state index contributed by atoms with van der Waals surface area (Å²) in [7, 11) is -0.915. The van der Waals surface area contributed by atoms with E-state index in [0.717, 1.165) is 38.1 Å². The molecule has 6 nitrogen and oxygen atoms in total. The minimum atomic E-state index is -0.915. The van der Waals surface area contributed by atoms with E-state index < -0.39 is 8.45 Å². The van der Waals surface area contributed by atoms with Crippen LogP contribution < -0.4 is 0 Å². The van der Waals surface area contributed by atoms with Crippen LogP contribution in [0.4, 0.5) is 0 Å². The highest BCUT2D eigenvalue weighted by Crippen LogP contribution is 2.50. The Hall–Kier alpha value is 0.980. The van der Waals surface area contributed by atoms with E-state index in [1.54, 1.807) is 0 Å². The molecule has 0 aromatic carbocycles. The van der Waals surface area contributed by atoms with Crippen molar-refractivity contribution in [2.24, 2.45) is 5.92 Å². The molecule has 0 radical (unpaired) electrons. The molecule has 1 saturated heterocycles. The van der Waals surface area contributed by atoms with Crippen molar-refractivity contribution in [2.75, 3.05) is 32.2 Å². The van der Waals surface area contributed by atoms with Gasteiger partial charge in [-0.3, -0.25) is 4.79 Å². The van der Waals surface area contributed by atoms with Crippen LogP contribution >= 0.6 is 43.1 Å². The van der Waals surface area contributed by atoms with Crippen LogP contribution in [0.5, 0.6) is 0 Å². The van der Waals surface area contributed by atoms with Gasteiger partial charge in [0.1, 0.15) is 0 Å². The minimum absolute atomic E-state index is 0.236. The molecule has 0 aromatic rings. The first-order valence-electron chi connectivity index (χ1n) is 11.7. The Morgan fingerprint density at radius 1 is 1.00 bits per heavy atom. The van der Waals surface area contributed by atoms with Crippen LogP contribution in [0.25, 0.3) is 0 Å². The molecular formula is C22H45IN3O3PS. The minimum Gasteiger partial charge on any atom is -0.355 e. The second-order valence-corrected chi connectivity index (χ2v) is 13.4. The van der Waals surface area contributed by atoms with Crippen molar-refractivity contribution in [3.05, 3.63) is 0 Å². The van der Waals surface area contributed by atoms with Gasteiger partial charge < -0.3 is 9.26 Å². The number of hydrogen-bond acceptors (Lipinski definition) is 7. The molecule has 0 unspecified atom stereocenters. The van der Waals surface area contributed by atoms with Crippen molar-refractivity contribution in [3.8, 4) is 0 Å². The van der Waals surface area contributed by atoms with Gasteiger partial charge in [-0.25, -0.2) is 12.5 Å². The Kier molecular flexibility index (Phi) is 15.3. The SMILES string of the molecule is CC(C)N(C(C)C)P(OCOCCCSC(=O)C1CCN(I)CC1)N(C(C)C)C(C)C. The van der Waals surface area contributed by atoms with E-state index in [4.69, 9.17) is 9.26 Å². The third-order valence-electron chi connectivity index (χ3n) is 5.21. The summed E-state index contributed by atoms with van der Waals surface area (Å²) in [6.45, 7) is 20.8. The zero-order chi connectivity index (χ0) is 23.6. The van der Waals surface area contributed by atoms with Gasteiger partial charge in [0.15, 0.2) is 20.4 Å². The fraction of sp³-hybridized carbons (Fsp3) is 0.955. The zero-order valence-corrected chi connectivity index (χ0v) is 24.7. The van der Waals surface area contributed by atoms with Crippen molar-refractivity contribution in [1.82, 2.24) is 12.5 Å². The van der Waals surface area contributed by atoms with Gasteiger partial charge >= 0.3 is 0 Å². The largest absolute Gasteiger partial charge is 0.355 e. The van der Waals surface area contributed by atoms with Gasteiger partial charge in [0.2, 0.25) is 0 Å². The van der Waals surface area contributed by atoms with Crippen molar-refractivity contribution >= 4 is 48.2 Å². The standard InChI is InChI=1S/C22H45IN3O3PS/c1-17(2)25(18(3)4)30(26(19(5)6)20(7)8)29-16-28-14-9-15-31-22(27)21-10-12-24(23)13-11-21/h17-21H,9-16H2,1-8H3. The van der Waals surface area contributed by atoms with Crippen molar-refractivity contribution < 1.29 is 14.1 Å². The van der Waals surface area contributed by atoms with E-state index in [-0.39, 0.29) is 5.92 Å². The Balaban J connectivity index is 2.43. The fourth-order valence-electron chi connectivity index (χ4n) is 3.91. The summed E-state index contributed by atoms with van der Waals surface area (Å²) >= 11 is 3.83. The van der Waals surface area contributed by atoms with Crippen LogP contribution in [-0.4, -0.2) is 74.0 Å². The average Bonchev–Trinajstić information content (AvgIpc) is 2.66. The molecule has 0 bridgehead atoms. The molecule has 0 saturated carbocycles. The number of piperidine rings is 1. The summed E-state index contributed by atoms with van der Waals surface area (Å²) in [4.78, 5) is 12.4. The number of ether oxygens (including phenoxy) is 1. The Morgan fingerprint density at radius 3 is 1.94 bits per heavy atom. The van der Waals surface area contributed by atoms with Crippen molar-refractivity contribution in [1.29, 1.82) is 0 Å². The molecular weight excluding hydrogens is 544 g/mol. The summed E-state index contributed by atoms with van der Waals surface area (Å²) in [5.74, 6) is 1.06. The maximum Gasteiger partial charge on any atom is 0.192 e. The van der Waals surface area contributed by atoms with Crippen LogP contribution in [0.3, 0.4) is 0 Å². The van der Waals surface area contributed by atoms with E-state index in [1.165, 1.54) is 11.8 Å². The number of thioether (sulfide) groups is 1. The number of nitrogens with zero attached hydrogens (tertiary/aromatic N) is 3. The normalized spacial score (nSPS) is 16.9. The molecule has 0 amide bonds. The summed E-state index contributed by atoms with van der Waals surface area (Å²) in [6, 6.07) is 1.58. The van der Waals surface area contributed by atoms with Crippen LogP contribution in [0.1, 0.15) is 74.7 Å². The van der Waals surface area contributed by atoms with E-state index in [9.17, 15) is 4.79 Å². The first kappa shape index (κ1) is 30.0. The predicted molar refractivity (Wildman–Crippen MR) is 143 cm³/mol. The maximum absolute atomic E-state index is 12.4. The molecule has 0 N–H and O–H groups in total. The van der Waals surface area contributed by atoms with Gasteiger partial charge in [0.05, 0.1) is 6.61 Å². The van der Waals surface area contributed by atoms with Gasteiger partial charge in [-0.05, 0) is 74.7 Å². The molecule has 0 spiro atoms. The summed E-state index contributed by atoms with van der Waals surface area (Å²) in [5.41, 5.74) is 0. The topological polar surface area (TPSA) is 45.3 Å². The summed E-state index contributed by atoms with van der Waals surface area (Å²) in [6.07, 6.45) is 2.86. The van der Waals surface area contributed by atoms with E-state index in [2.05, 4.69) is 90.7 Å². The molecule has 184 valence electrons. The smallest absolute Gasteiger partial charge is 0.192 e. The molecule has 1 aliphatic rings. The van der Waals surface area contributed by atoms with Gasteiger partial charge in [-0.1, -0.05) is 11.8 Å². The molecule has 0 aromatic heterocycles. The maximum atomic E-state index is 12.4. The van der Waals surface area contributed by atoms with Gasteiger partial charge in [-0.15, -0.1) is 0 Å². The third kappa shape index (κ3) is 10.8. The number of rotatable bonds is 14. The average molecular weight is 590 g/mol. The number of carbonyl (C=O) groups is 1. The zero-order valence-electron chi connectivity index (χ0n) is 20.8. The Morgan fingerprint density at radius 2 is 1.48 bits per heavy atom. The number of carbonyl (C=O) groups excluding carboxylic acids is 1. The lowest BCUT2D eigenvalue weighted by molar-refractivity contribution is -0.115. The second-order valence-electron chi connectivity index (χ2n) is 9.25. The van der Waals surface area contributed by atoms with Crippen LogP contribution in [0.2, 0.25) is 0 Å². The number of hydrogen-bond donors (Lipinski definition) is 0. The monoisotopic (exact) mass is 589 g/mol. The first-order valence-corrected chi connectivity index (χ1v) is 14.8. The molecule has 1 aliphatic heterocycles. The van der Waals surface area contributed by atoms with E-state index >= 15 is 0 Å². The predicted octanol–water partition coefficient (Wildman–Crippen LogP) is 6.15. The second kappa shape index (κ2) is 15.8. The highest BCUT2D eigenvalue weighted by molar-refractivity contribution is 14.1.